The molecule has 0 spiro atoms. The van der Waals surface area contributed by atoms with Crippen LogP contribution in [0.2, 0.25) is 5.02 Å². The van der Waals surface area contributed by atoms with Crippen LogP contribution in [0.25, 0.3) is 33.1 Å². The molecule has 2 aromatic carbocycles. The molecule has 0 amide bonds. The van der Waals surface area contributed by atoms with Gasteiger partial charge in [0.05, 0.1) is 21.3 Å². The number of nitrogens with zero attached hydrogens (tertiary/aromatic N) is 1. The van der Waals surface area contributed by atoms with Crippen LogP contribution >= 0.6 is 11.6 Å². The molecule has 4 aromatic rings. The molecule has 0 N–H and O–H groups in total. The van der Waals surface area contributed by atoms with Gasteiger partial charge in [-0.1, -0.05) is 17.7 Å². The second kappa shape index (κ2) is 5.11. The number of rotatable bonds is 2. The number of furan rings is 2. The Labute approximate surface area is 141 Å². The first-order chi connectivity index (χ1) is 11.5. The van der Waals surface area contributed by atoms with Crippen LogP contribution in [0.1, 0.15) is 11.5 Å². The Morgan fingerprint density at radius 2 is 1.75 bits per heavy atom. The third-order valence-electron chi connectivity index (χ3n) is 4.01. The Morgan fingerprint density at radius 3 is 2.42 bits per heavy atom. The van der Waals surface area contributed by atoms with Crippen LogP contribution < -0.4 is 0 Å². The lowest BCUT2D eigenvalue weighted by molar-refractivity contribution is -0.381. The Hall–Kier alpha value is -2.79. The molecule has 0 fully saturated rings. The minimum atomic E-state index is -0.396. The Morgan fingerprint density at radius 1 is 0.958 bits per heavy atom. The highest BCUT2D eigenvalue weighted by Crippen LogP contribution is 2.45. The van der Waals surface area contributed by atoms with Crippen molar-refractivity contribution in [3.8, 4) is 11.3 Å². The number of nitro benzene ring substituents is 1. The average molecular weight is 342 g/mol. The van der Waals surface area contributed by atoms with Crippen molar-refractivity contribution in [1.82, 2.24) is 0 Å². The lowest BCUT2D eigenvalue weighted by atomic mass is 9.98. The highest BCUT2D eigenvalue weighted by molar-refractivity contribution is 6.32. The topological polar surface area (TPSA) is 69.4 Å². The second-order valence-corrected chi connectivity index (χ2v) is 6.12. The number of benzene rings is 2. The molecule has 0 atom stereocenters. The van der Waals surface area contributed by atoms with Crippen molar-refractivity contribution in [2.45, 2.75) is 13.8 Å². The van der Waals surface area contributed by atoms with Crippen molar-refractivity contribution >= 4 is 39.0 Å². The maximum atomic E-state index is 11.7. The molecule has 0 saturated heterocycles. The minimum absolute atomic E-state index is 0.00798. The van der Waals surface area contributed by atoms with E-state index in [1.807, 2.05) is 19.1 Å². The fraction of sp³-hybridized carbons (Fsp3) is 0.111. The summed E-state index contributed by atoms with van der Waals surface area (Å²) in [6.07, 6.45) is 0. The summed E-state index contributed by atoms with van der Waals surface area (Å²) in [5.74, 6) is 1.95. The number of non-ortho nitro benzene ring substituents is 1. The Kier molecular flexibility index (Phi) is 3.15. The zero-order chi connectivity index (χ0) is 17.0. The SMILES string of the molecule is Cc1ccc(-c2c3ccc(Cl)cc3c([N+](=O)[O-])c3cc(C)oc23)o1. The second-order valence-electron chi connectivity index (χ2n) is 5.68. The van der Waals surface area contributed by atoms with E-state index in [1.54, 1.807) is 31.2 Å². The van der Waals surface area contributed by atoms with Gasteiger partial charge in [0.2, 0.25) is 0 Å². The van der Waals surface area contributed by atoms with Gasteiger partial charge in [0.1, 0.15) is 17.3 Å². The van der Waals surface area contributed by atoms with Crippen LogP contribution in [-0.2, 0) is 0 Å². The largest absolute Gasteiger partial charge is 0.461 e. The van der Waals surface area contributed by atoms with Crippen LogP contribution in [0.3, 0.4) is 0 Å². The first-order valence-corrected chi connectivity index (χ1v) is 7.70. The van der Waals surface area contributed by atoms with Gasteiger partial charge in [0.25, 0.3) is 5.69 Å². The van der Waals surface area contributed by atoms with E-state index in [0.29, 0.717) is 43.8 Å². The normalized spacial score (nSPS) is 11.5. The molecule has 120 valence electrons. The summed E-state index contributed by atoms with van der Waals surface area (Å²) >= 11 is 6.08. The molecule has 5 nitrogen and oxygen atoms in total. The van der Waals surface area contributed by atoms with Gasteiger partial charge < -0.3 is 8.83 Å². The number of aryl methyl sites for hydroxylation is 2. The van der Waals surface area contributed by atoms with Crippen LogP contribution in [-0.4, -0.2) is 4.92 Å². The third kappa shape index (κ3) is 2.09. The zero-order valence-corrected chi connectivity index (χ0v) is 13.7. The molecule has 2 aromatic heterocycles. The average Bonchev–Trinajstić information content (AvgIpc) is 3.09. The van der Waals surface area contributed by atoms with Gasteiger partial charge in [0, 0.05) is 10.4 Å². The van der Waals surface area contributed by atoms with Crippen molar-refractivity contribution in [2.24, 2.45) is 0 Å². The summed E-state index contributed by atoms with van der Waals surface area (Å²) in [7, 11) is 0. The molecule has 0 saturated carbocycles. The monoisotopic (exact) mass is 341 g/mol. The van der Waals surface area contributed by atoms with Crippen LogP contribution in [0.5, 0.6) is 0 Å². The van der Waals surface area contributed by atoms with E-state index in [1.165, 1.54) is 0 Å². The Balaban J connectivity index is 2.29. The molecule has 4 rings (SSSR count). The van der Waals surface area contributed by atoms with Gasteiger partial charge in [-0.05, 0) is 44.2 Å². The molecule has 0 aliphatic rings. The standard InChI is InChI=1S/C18H12ClNO4/c1-9-3-6-15(23-9)16-12-5-4-11(19)8-13(12)17(20(21)22)14-7-10(2)24-18(14)16/h3-8H,1-2H3. The van der Waals surface area contributed by atoms with Gasteiger partial charge in [0.15, 0.2) is 5.58 Å². The van der Waals surface area contributed by atoms with E-state index in [-0.39, 0.29) is 5.69 Å². The fourth-order valence-corrected chi connectivity index (χ4v) is 3.26. The van der Waals surface area contributed by atoms with Crippen molar-refractivity contribution in [2.75, 3.05) is 0 Å². The zero-order valence-electron chi connectivity index (χ0n) is 12.9. The predicted molar refractivity (Wildman–Crippen MR) is 92.6 cm³/mol. The van der Waals surface area contributed by atoms with E-state index in [9.17, 15) is 10.1 Å². The number of hydrogen-bond donors (Lipinski definition) is 0. The highest BCUT2D eigenvalue weighted by atomic mass is 35.5. The number of fused-ring (bicyclic) bond motifs is 2. The Bertz CT molecular complexity index is 1120. The first-order valence-electron chi connectivity index (χ1n) is 7.32. The van der Waals surface area contributed by atoms with Gasteiger partial charge in [-0.25, -0.2) is 0 Å². The number of nitro groups is 1. The van der Waals surface area contributed by atoms with Crippen LogP contribution in [0.15, 0.2) is 45.2 Å². The summed E-state index contributed by atoms with van der Waals surface area (Å²) < 4.78 is 11.6. The molecule has 0 aliphatic heterocycles. The number of halogens is 1. The number of hydrogen-bond acceptors (Lipinski definition) is 4. The molecule has 24 heavy (non-hydrogen) atoms. The smallest absolute Gasteiger partial charge is 0.288 e. The minimum Gasteiger partial charge on any atom is -0.461 e. The van der Waals surface area contributed by atoms with Crippen molar-refractivity contribution in [3.63, 3.8) is 0 Å². The summed E-state index contributed by atoms with van der Waals surface area (Å²) in [5.41, 5.74) is 1.14. The van der Waals surface area contributed by atoms with Crippen molar-refractivity contribution < 1.29 is 13.8 Å². The maximum absolute atomic E-state index is 11.7. The molecule has 2 heterocycles. The van der Waals surface area contributed by atoms with Crippen LogP contribution in [0.4, 0.5) is 5.69 Å². The van der Waals surface area contributed by atoms with Crippen LogP contribution in [0, 0.1) is 24.0 Å². The summed E-state index contributed by atoms with van der Waals surface area (Å²) in [4.78, 5) is 11.3. The molecule has 0 bridgehead atoms. The molecular weight excluding hydrogens is 330 g/mol. The third-order valence-corrected chi connectivity index (χ3v) is 4.25. The molecule has 0 aliphatic carbocycles. The van der Waals surface area contributed by atoms with Crippen molar-refractivity contribution in [3.05, 3.63) is 63.1 Å². The molecule has 0 radical (unpaired) electrons. The van der Waals surface area contributed by atoms with E-state index in [0.717, 1.165) is 5.76 Å². The van der Waals surface area contributed by atoms with Gasteiger partial charge in [-0.15, -0.1) is 0 Å². The van der Waals surface area contributed by atoms with E-state index in [4.69, 9.17) is 20.4 Å². The summed E-state index contributed by atoms with van der Waals surface area (Å²) in [6.45, 7) is 3.61. The first kappa shape index (κ1) is 14.8. The quantitative estimate of drug-likeness (QED) is 0.330. The lowest BCUT2D eigenvalue weighted by Gasteiger charge is -2.08. The van der Waals surface area contributed by atoms with Gasteiger partial charge in [-0.3, -0.25) is 10.1 Å². The predicted octanol–water partition coefficient (Wildman–Crippen LogP) is 6.02. The molecular formula is C18H12ClNO4. The van der Waals surface area contributed by atoms with Gasteiger partial charge in [-0.2, -0.15) is 0 Å². The van der Waals surface area contributed by atoms with Gasteiger partial charge >= 0.3 is 0 Å². The molecule has 0 unspecified atom stereocenters. The van der Waals surface area contributed by atoms with E-state index in [2.05, 4.69) is 0 Å². The van der Waals surface area contributed by atoms with E-state index < -0.39 is 4.92 Å². The fourth-order valence-electron chi connectivity index (χ4n) is 3.08. The summed E-state index contributed by atoms with van der Waals surface area (Å²) in [6, 6.07) is 10.4. The molecule has 6 heteroatoms. The maximum Gasteiger partial charge on any atom is 0.288 e. The summed E-state index contributed by atoms with van der Waals surface area (Å²) in [5, 5.41) is 13.7. The lowest BCUT2D eigenvalue weighted by Crippen LogP contribution is -1.93. The van der Waals surface area contributed by atoms with Crippen molar-refractivity contribution in [1.29, 1.82) is 0 Å². The van der Waals surface area contributed by atoms with E-state index >= 15 is 0 Å². The highest BCUT2D eigenvalue weighted by Gasteiger charge is 2.26.